The van der Waals surface area contributed by atoms with Crippen LogP contribution in [0.15, 0.2) is 51.6 Å². The van der Waals surface area contributed by atoms with E-state index >= 15 is 0 Å². The zero-order valence-corrected chi connectivity index (χ0v) is 20.0. The first-order valence-corrected chi connectivity index (χ1v) is 10.4. The quantitative estimate of drug-likeness (QED) is 0.244. The molecule has 33 heavy (non-hydrogen) atoms. The van der Waals surface area contributed by atoms with Crippen LogP contribution in [0.1, 0.15) is 34.8 Å². The molecule has 1 aromatic heterocycles. The van der Waals surface area contributed by atoms with Crippen LogP contribution >= 0.6 is 15.9 Å². The van der Waals surface area contributed by atoms with Gasteiger partial charge in [-0.1, -0.05) is 12.1 Å². The highest BCUT2D eigenvalue weighted by Gasteiger charge is 2.27. The average molecular weight is 516 g/mol. The van der Waals surface area contributed by atoms with Crippen LogP contribution in [0, 0.1) is 10.8 Å². The van der Waals surface area contributed by atoms with Crippen molar-refractivity contribution in [3.8, 4) is 22.8 Å². The second kappa shape index (κ2) is 10.4. The summed E-state index contributed by atoms with van der Waals surface area (Å²) in [4.78, 5) is 17.4. The predicted molar refractivity (Wildman–Crippen MR) is 125 cm³/mol. The third kappa shape index (κ3) is 5.29. The van der Waals surface area contributed by atoms with Crippen LogP contribution in [0.4, 0.5) is 0 Å². The summed E-state index contributed by atoms with van der Waals surface area (Å²) in [5.74, 6) is 0.263. The maximum Gasteiger partial charge on any atom is 0.266 e. The summed E-state index contributed by atoms with van der Waals surface area (Å²) in [7, 11) is 4.49. The fourth-order valence-electron chi connectivity index (χ4n) is 3.06. The van der Waals surface area contributed by atoms with Gasteiger partial charge in [-0.25, -0.2) is 4.98 Å². The number of hydrogen-bond donors (Lipinski definition) is 2. The lowest BCUT2D eigenvalue weighted by Gasteiger charge is -2.13. The molecule has 0 aliphatic heterocycles. The standard InChI is InChI=1S/C23H22BrN3O6/c1-12(25)33-22(26)14-7-5-13(6-8-14)21(31-4)20(28)23-27-16(11-32-23)15-9-17(29-2)19(24)18(10-15)30-3/h5-11,21,25-26H,1-4H3. The number of ether oxygens (including phenoxy) is 4. The number of ketones is 1. The molecule has 0 fully saturated rings. The van der Waals surface area contributed by atoms with Crippen LogP contribution in [0.5, 0.6) is 11.5 Å². The SMILES string of the molecule is COc1cc(-c2coc(C(=O)C(OC)c3ccc(C(=N)OC(C)=N)cc3)n2)cc(OC)c1Br. The Kier molecular flexibility index (Phi) is 7.62. The molecule has 172 valence electrons. The Morgan fingerprint density at radius 3 is 2.18 bits per heavy atom. The number of carbonyl (C=O) groups excluding carboxylic acids is 1. The predicted octanol–water partition coefficient (Wildman–Crippen LogP) is 5.03. The first kappa shape index (κ1) is 24.1. The first-order valence-electron chi connectivity index (χ1n) is 9.65. The number of nitrogens with one attached hydrogen (secondary N) is 2. The Morgan fingerprint density at radius 2 is 1.67 bits per heavy atom. The molecule has 0 aliphatic carbocycles. The number of aromatic nitrogens is 1. The summed E-state index contributed by atoms with van der Waals surface area (Å²) >= 11 is 3.42. The molecule has 2 aromatic carbocycles. The number of benzene rings is 2. The van der Waals surface area contributed by atoms with Crippen molar-refractivity contribution in [2.75, 3.05) is 21.3 Å². The summed E-state index contributed by atoms with van der Waals surface area (Å²) in [6.45, 7) is 1.44. The van der Waals surface area contributed by atoms with Crippen molar-refractivity contribution in [2.24, 2.45) is 0 Å². The number of oxazole rings is 1. The van der Waals surface area contributed by atoms with Crippen molar-refractivity contribution in [3.05, 3.63) is 64.2 Å². The molecule has 0 amide bonds. The van der Waals surface area contributed by atoms with Gasteiger partial charge in [-0.3, -0.25) is 15.6 Å². The number of carbonyl (C=O) groups is 1. The lowest BCUT2D eigenvalue weighted by Crippen LogP contribution is -2.16. The summed E-state index contributed by atoms with van der Waals surface area (Å²) < 4.78 is 27.2. The number of nitrogens with zero attached hydrogens (tertiary/aromatic N) is 1. The lowest BCUT2D eigenvalue weighted by molar-refractivity contribution is 0.0569. The molecule has 2 N–H and O–H groups in total. The number of Topliss-reactive ketones (excluding diaryl/α,β-unsaturated/α-hetero) is 1. The summed E-state index contributed by atoms with van der Waals surface area (Å²) in [6.07, 6.45) is 0.419. The third-order valence-corrected chi connectivity index (χ3v) is 5.44. The zero-order valence-electron chi connectivity index (χ0n) is 18.4. The first-order chi connectivity index (χ1) is 15.8. The number of halogens is 1. The molecule has 1 atom stereocenters. The molecule has 0 spiro atoms. The van der Waals surface area contributed by atoms with Crippen LogP contribution in [-0.4, -0.2) is 43.9 Å². The van der Waals surface area contributed by atoms with Gasteiger partial charge >= 0.3 is 0 Å². The van der Waals surface area contributed by atoms with Gasteiger partial charge in [0.05, 0.1) is 14.2 Å². The van der Waals surface area contributed by atoms with Gasteiger partial charge in [-0.15, -0.1) is 0 Å². The van der Waals surface area contributed by atoms with Crippen molar-refractivity contribution in [1.29, 1.82) is 10.8 Å². The van der Waals surface area contributed by atoms with Crippen molar-refractivity contribution in [3.63, 3.8) is 0 Å². The highest BCUT2D eigenvalue weighted by Crippen LogP contribution is 2.38. The van der Waals surface area contributed by atoms with E-state index in [0.29, 0.717) is 38.4 Å². The molecule has 9 nitrogen and oxygen atoms in total. The molecule has 0 aliphatic rings. The lowest BCUT2D eigenvalue weighted by atomic mass is 10.0. The Bertz CT molecular complexity index is 1160. The van der Waals surface area contributed by atoms with E-state index in [1.54, 1.807) is 36.4 Å². The summed E-state index contributed by atoms with van der Waals surface area (Å²) in [6, 6.07) is 10.0. The molecule has 0 radical (unpaired) electrons. The van der Waals surface area contributed by atoms with Crippen molar-refractivity contribution in [2.45, 2.75) is 13.0 Å². The van der Waals surface area contributed by atoms with Gasteiger partial charge in [0.15, 0.2) is 12.0 Å². The second-order valence-corrected chi connectivity index (χ2v) is 7.62. The Morgan fingerprint density at radius 1 is 1.06 bits per heavy atom. The van der Waals surface area contributed by atoms with E-state index in [9.17, 15) is 4.79 Å². The normalized spacial score (nSPS) is 11.5. The second-order valence-electron chi connectivity index (χ2n) is 6.82. The number of methoxy groups -OCH3 is 3. The van der Waals surface area contributed by atoms with Gasteiger partial charge < -0.3 is 23.4 Å². The molecule has 0 saturated carbocycles. The van der Waals surface area contributed by atoms with Gasteiger partial charge in [0.25, 0.3) is 11.7 Å². The maximum absolute atomic E-state index is 13.1. The van der Waals surface area contributed by atoms with E-state index in [2.05, 4.69) is 20.9 Å². The number of hydrogen-bond acceptors (Lipinski definition) is 9. The third-order valence-electron chi connectivity index (χ3n) is 4.66. The maximum atomic E-state index is 13.1. The van der Waals surface area contributed by atoms with Gasteiger partial charge in [-0.2, -0.15) is 0 Å². The van der Waals surface area contributed by atoms with Gasteiger partial charge in [0.2, 0.25) is 5.90 Å². The van der Waals surface area contributed by atoms with E-state index in [-0.39, 0.29) is 17.7 Å². The van der Waals surface area contributed by atoms with E-state index in [0.717, 1.165) is 0 Å². The van der Waals surface area contributed by atoms with Crippen molar-refractivity contribution < 1.29 is 28.2 Å². The van der Waals surface area contributed by atoms with Crippen LogP contribution < -0.4 is 9.47 Å². The Balaban J connectivity index is 1.85. The highest BCUT2D eigenvalue weighted by molar-refractivity contribution is 9.10. The van der Waals surface area contributed by atoms with E-state index in [4.69, 9.17) is 34.2 Å². The summed E-state index contributed by atoms with van der Waals surface area (Å²) in [5, 5.41) is 15.2. The molecule has 0 saturated heterocycles. The minimum Gasteiger partial charge on any atom is -0.495 e. The zero-order chi connectivity index (χ0) is 24.1. The van der Waals surface area contributed by atoms with Crippen molar-refractivity contribution >= 4 is 33.5 Å². The smallest absolute Gasteiger partial charge is 0.266 e. The van der Waals surface area contributed by atoms with Crippen LogP contribution in [0.3, 0.4) is 0 Å². The largest absolute Gasteiger partial charge is 0.495 e. The van der Waals surface area contributed by atoms with Crippen LogP contribution in [0.2, 0.25) is 0 Å². The number of rotatable bonds is 8. The van der Waals surface area contributed by atoms with Crippen LogP contribution in [-0.2, 0) is 9.47 Å². The summed E-state index contributed by atoms with van der Waals surface area (Å²) in [5.41, 5.74) is 2.09. The fourth-order valence-corrected chi connectivity index (χ4v) is 3.62. The van der Waals surface area contributed by atoms with Crippen LogP contribution in [0.25, 0.3) is 11.3 Å². The molecule has 1 unspecified atom stereocenters. The Hall–Kier alpha value is -3.50. The van der Waals surface area contributed by atoms with Gasteiger partial charge in [-0.05, 0) is 45.8 Å². The highest BCUT2D eigenvalue weighted by atomic mass is 79.9. The minimum absolute atomic E-state index is 0.0882. The minimum atomic E-state index is -0.959. The topological polar surface area (TPSA) is 128 Å². The molecule has 3 rings (SSSR count). The van der Waals surface area contributed by atoms with E-state index < -0.39 is 11.9 Å². The molecule has 0 bridgehead atoms. The monoisotopic (exact) mass is 515 g/mol. The van der Waals surface area contributed by atoms with Gasteiger partial charge in [0, 0.05) is 25.2 Å². The molecule has 10 heteroatoms. The molecule has 1 heterocycles. The average Bonchev–Trinajstić information content (AvgIpc) is 3.30. The van der Waals surface area contributed by atoms with E-state index in [1.165, 1.54) is 34.5 Å². The van der Waals surface area contributed by atoms with Crippen molar-refractivity contribution in [1.82, 2.24) is 4.98 Å². The molecule has 3 aromatic rings. The fraction of sp³-hybridized carbons (Fsp3) is 0.217. The van der Waals surface area contributed by atoms with Gasteiger partial charge in [0.1, 0.15) is 27.9 Å². The molecular weight excluding hydrogens is 494 g/mol. The molecular formula is C23H22BrN3O6. The van der Waals surface area contributed by atoms with E-state index in [1.807, 2.05) is 0 Å². The Labute approximate surface area is 198 Å².